The zero-order valence-corrected chi connectivity index (χ0v) is 16.9. The molecule has 5 rings (SSSR count). The number of nitrogens with zero attached hydrogens (tertiary/aromatic N) is 4. The van der Waals surface area contributed by atoms with Gasteiger partial charge in [0.25, 0.3) is 0 Å². The summed E-state index contributed by atoms with van der Waals surface area (Å²) < 4.78 is 5.38. The zero-order chi connectivity index (χ0) is 20.0. The molecule has 9 heteroatoms. The summed E-state index contributed by atoms with van der Waals surface area (Å²) in [6.07, 6.45) is 0.228. The summed E-state index contributed by atoms with van der Waals surface area (Å²) in [5, 5.41) is 6.61. The van der Waals surface area contributed by atoms with Gasteiger partial charge in [-0.1, -0.05) is 22.8 Å². The van der Waals surface area contributed by atoms with Crippen LogP contribution in [-0.2, 0) is 9.59 Å². The van der Waals surface area contributed by atoms with Crippen molar-refractivity contribution in [2.45, 2.75) is 12.3 Å². The number of halogens is 1. The van der Waals surface area contributed by atoms with Gasteiger partial charge in [-0.25, -0.2) is 0 Å². The molecule has 7 nitrogen and oxygen atoms in total. The lowest BCUT2D eigenvalue weighted by Gasteiger charge is -2.38. The van der Waals surface area contributed by atoms with Crippen LogP contribution in [-0.4, -0.2) is 46.5 Å². The van der Waals surface area contributed by atoms with Crippen molar-refractivity contribution in [1.29, 1.82) is 0 Å². The Morgan fingerprint density at radius 2 is 1.97 bits per heavy atom. The van der Waals surface area contributed by atoms with E-state index in [0.29, 0.717) is 36.4 Å². The van der Waals surface area contributed by atoms with Gasteiger partial charge in [0.15, 0.2) is 0 Å². The van der Waals surface area contributed by atoms with Crippen molar-refractivity contribution in [3.8, 4) is 10.7 Å². The molecular weight excluding hydrogens is 412 g/mol. The van der Waals surface area contributed by atoms with Crippen LogP contribution >= 0.6 is 22.9 Å². The molecule has 2 fully saturated rings. The number of aromatic nitrogens is 2. The fraction of sp³-hybridized carbons (Fsp3) is 0.300. The number of thiophene rings is 1. The largest absolute Gasteiger partial charge is 0.341 e. The van der Waals surface area contributed by atoms with Crippen molar-refractivity contribution >= 4 is 40.4 Å². The van der Waals surface area contributed by atoms with Crippen molar-refractivity contribution in [3.05, 3.63) is 52.7 Å². The van der Waals surface area contributed by atoms with Crippen LogP contribution in [0.25, 0.3) is 10.7 Å². The predicted molar refractivity (Wildman–Crippen MR) is 109 cm³/mol. The number of hydrogen-bond donors (Lipinski definition) is 0. The third kappa shape index (κ3) is 3.42. The number of likely N-dealkylation sites (tertiary alicyclic amines) is 1. The Morgan fingerprint density at radius 3 is 2.69 bits per heavy atom. The average Bonchev–Trinajstić information content (AvgIpc) is 3.41. The minimum atomic E-state index is -0.330. The number of carbonyl (C=O) groups is 2. The van der Waals surface area contributed by atoms with Crippen LogP contribution in [0.2, 0.25) is 5.02 Å². The first kappa shape index (κ1) is 18.3. The highest BCUT2D eigenvalue weighted by atomic mass is 35.5. The Labute approximate surface area is 175 Å². The van der Waals surface area contributed by atoms with Crippen molar-refractivity contribution < 1.29 is 14.1 Å². The number of amides is 2. The smallest absolute Gasteiger partial charge is 0.233 e. The molecular formula is C20H17ClN4O3S. The summed E-state index contributed by atoms with van der Waals surface area (Å²) >= 11 is 7.47. The average molecular weight is 429 g/mol. The summed E-state index contributed by atoms with van der Waals surface area (Å²) in [5.74, 6) is 0.819. The highest BCUT2D eigenvalue weighted by molar-refractivity contribution is 7.13. The van der Waals surface area contributed by atoms with Gasteiger partial charge in [-0.05, 0) is 35.7 Å². The van der Waals surface area contributed by atoms with Crippen LogP contribution in [0.3, 0.4) is 0 Å². The van der Waals surface area contributed by atoms with Gasteiger partial charge >= 0.3 is 0 Å². The summed E-state index contributed by atoms with van der Waals surface area (Å²) in [5.41, 5.74) is 0.767. The molecule has 0 radical (unpaired) electrons. The van der Waals surface area contributed by atoms with E-state index in [-0.39, 0.29) is 30.1 Å². The van der Waals surface area contributed by atoms with Crippen molar-refractivity contribution in [3.63, 3.8) is 0 Å². The Kier molecular flexibility index (Phi) is 4.60. The SMILES string of the molecule is O=C(C1CC(=O)N(c2ccc(Cl)cc2)C1)N1CC(c2nc(-c3cccs3)no2)C1. The lowest BCUT2D eigenvalue weighted by atomic mass is 9.96. The maximum atomic E-state index is 12.8. The van der Waals surface area contributed by atoms with E-state index in [9.17, 15) is 9.59 Å². The summed E-state index contributed by atoms with van der Waals surface area (Å²) in [4.78, 5) is 34.1. The van der Waals surface area contributed by atoms with E-state index in [1.54, 1.807) is 45.4 Å². The molecule has 2 amide bonds. The Bertz CT molecular complexity index is 1040. The van der Waals surface area contributed by atoms with Crippen LogP contribution in [0.4, 0.5) is 5.69 Å². The van der Waals surface area contributed by atoms with E-state index in [2.05, 4.69) is 10.1 Å². The molecule has 2 aromatic heterocycles. The van der Waals surface area contributed by atoms with E-state index in [0.717, 1.165) is 10.6 Å². The monoisotopic (exact) mass is 428 g/mol. The molecule has 0 saturated carbocycles. The minimum Gasteiger partial charge on any atom is -0.341 e. The zero-order valence-electron chi connectivity index (χ0n) is 15.3. The Balaban J connectivity index is 1.20. The van der Waals surface area contributed by atoms with Gasteiger partial charge in [-0.3, -0.25) is 9.59 Å². The van der Waals surface area contributed by atoms with Gasteiger partial charge in [0.1, 0.15) is 0 Å². The molecule has 2 aliphatic rings. The van der Waals surface area contributed by atoms with Gasteiger partial charge in [0.05, 0.1) is 16.7 Å². The highest BCUT2D eigenvalue weighted by Gasteiger charge is 2.42. The third-order valence-electron chi connectivity index (χ3n) is 5.34. The first-order valence-electron chi connectivity index (χ1n) is 9.30. The topological polar surface area (TPSA) is 79.5 Å². The fourth-order valence-corrected chi connectivity index (χ4v) is 4.50. The first-order chi connectivity index (χ1) is 14.1. The number of benzene rings is 1. The quantitative estimate of drug-likeness (QED) is 0.636. The predicted octanol–water partition coefficient (Wildman–Crippen LogP) is 3.43. The summed E-state index contributed by atoms with van der Waals surface area (Å²) in [6, 6.07) is 11.0. The fourth-order valence-electron chi connectivity index (χ4n) is 3.72. The van der Waals surface area contributed by atoms with Crippen LogP contribution < -0.4 is 4.90 Å². The highest BCUT2D eigenvalue weighted by Crippen LogP contribution is 2.33. The molecule has 1 aromatic carbocycles. The van der Waals surface area contributed by atoms with Crippen LogP contribution in [0.1, 0.15) is 18.2 Å². The molecule has 1 unspecified atom stereocenters. The normalized spacial score (nSPS) is 19.6. The number of rotatable bonds is 4. The minimum absolute atomic E-state index is 0.00376. The van der Waals surface area contributed by atoms with Gasteiger partial charge in [-0.15, -0.1) is 11.3 Å². The molecule has 0 spiro atoms. The summed E-state index contributed by atoms with van der Waals surface area (Å²) in [7, 11) is 0. The van der Waals surface area contributed by atoms with Crippen molar-refractivity contribution in [1.82, 2.24) is 15.0 Å². The lowest BCUT2D eigenvalue weighted by molar-refractivity contribution is -0.140. The Hall–Kier alpha value is -2.71. The molecule has 0 aliphatic carbocycles. The molecule has 0 N–H and O–H groups in total. The van der Waals surface area contributed by atoms with Crippen molar-refractivity contribution in [2.75, 3.05) is 24.5 Å². The second kappa shape index (κ2) is 7.27. The standard InChI is InChI=1S/C20H17ClN4O3S/c21-14-3-5-15(6-4-14)25-11-12(8-17(25)26)20(27)24-9-13(10-24)19-22-18(23-28-19)16-2-1-7-29-16/h1-7,12-13H,8-11H2. The maximum absolute atomic E-state index is 12.8. The van der Waals surface area contributed by atoms with E-state index in [4.69, 9.17) is 16.1 Å². The molecule has 4 heterocycles. The van der Waals surface area contributed by atoms with Gasteiger partial charge in [0, 0.05) is 36.8 Å². The molecule has 148 valence electrons. The number of anilines is 1. The molecule has 3 aromatic rings. The van der Waals surface area contributed by atoms with Gasteiger partial charge in [-0.2, -0.15) is 4.98 Å². The second-order valence-electron chi connectivity index (χ2n) is 7.26. The van der Waals surface area contributed by atoms with E-state index in [1.165, 1.54) is 0 Å². The molecule has 2 aliphatic heterocycles. The Morgan fingerprint density at radius 1 is 1.17 bits per heavy atom. The molecule has 1 atom stereocenters. The van der Waals surface area contributed by atoms with E-state index < -0.39 is 0 Å². The second-order valence-corrected chi connectivity index (χ2v) is 8.64. The molecule has 29 heavy (non-hydrogen) atoms. The van der Waals surface area contributed by atoms with E-state index in [1.807, 2.05) is 17.5 Å². The van der Waals surface area contributed by atoms with Gasteiger partial charge < -0.3 is 14.3 Å². The number of carbonyl (C=O) groups excluding carboxylic acids is 2. The lowest BCUT2D eigenvalue weighted by Crippen LogP contribution is -2.51. The van der Waals surface area contributed by atoms with E-state index >= 15 is 0 Å². The molecule has 2 saturated heterocycles. The van der Waals surface area contributed by atoms with Crippen LogP contribution in [0, 0.1) is 5.92 Å². The maximum Gasteiger partial charge on any atom is 0.233 e. The first-order valence-corrected chi connectivity index (χ1v) is 10.6. The van der Waals surface area contributed by atoms with Gasteiger partial charge in [0.2, 0.25) is 23.5 Å². The van der Waals surface area contributed by atoms with Crippen LogP contribution in [0.5, 0.6) is 0 Å². The van der Waals surface area contributed by atoms with Crippen molar-refractivity contribution in [2.24, 2.45) is 5.92 Å². The molecule has 0 bridgehead atoms. The summed E-state index contributed by atoms with van der Waals surface area (Å²) in [6.45, 7) is 1.47. The number of hydrogen-bond acceptors (Lipinski definition) is 6. The van der Waals surface area contributed by atoms with Crippen LogP contribution in [0.15, 0.2) is 46.3 Å². The third-order valence-corrected chi connectivity index (χ3v) is 6.46.